The summed E-state index contributed by atoms with van der Waals surface area (Å²) in [6, 6.07) is 0. The lowest BCUT2D eigenvalue weighted by Gasteiger charge is -2.15. The molecule has 0 aromatic rings. The van der Waals surface area contributed by atoms with Gasteiger partial charge in [-0.25, -0.2) is 0 Å². The zero-order valence-electron chi connectivity index (χ0n) is 10.6. The third-order valence-electron chi connectivity index (χ3n) is 3.25. The summed E-state index contributed by atoms with van der Waals surface area (Å²) < 4.78 is 4.46. The number of allylic oxidation sites excluding steroid dienone is 2. The second-order valence-electron chi connectivity index (χ2n) is 4.68. The molecule has 0 N–H and O–H groups in total. The van der Waals surface area contributed by atoms with Crippen molar-refractivity contribution in [3.8, 4) is 0 Å². The Morgan fingerprint density at radius 1 is 1.12 bits per heavy atom. The number of ketones is 1. The van der Waals surface area contributed by atoms with Crippen LogP contribution in [-0.2, 0) is 14.3 Å². The molecule has 0 saturated heterocycles. The molecule has 96 valence electrons. The number of ether oxygens (including phenoxy) is 1. The van der Waals surface area contributed by atoms with E-state index in [0.29, 0.717) is 5.92 Å². The van der Waals surface area contributed by atoms with E-state index >= 15 is 0 Å². The fourth-order valence-electron chi connectivity index (χ4n) is 2.20. The molecule has 0 aromatic carbocycles. The van der Waals surface area contributed by atoms with Gasteiger partial charge in [0, 0.05) is 0 Å². The van der Waals surface area contributed by atoms with Gasteiger partial charge in [-0.1, -0.05) is 38.2 Å². The number of carbonyl (C=O) groups excluding carboxylic acids is 2. The third kappa shape index (κ3) is 6.25. The van der Waals surface area contributed by atoms with Gasteiger partial charge < -0.3 is 4.74 Å². The number of hydrogen-bond acceptors (Lipinski definition) is 3. The third-order valence-corrected chi connectivity index (χ3v) is 3.25. The molecule has 1 saturated carbocycles. The Kier molecular flexibility index (Phi) is 6.60. The van der Waals surface area contributed by atoms with Crippen LogP contribution in [0.1, 0.15) is 51.4 Å². The van der Waals surface area contributed by atoms with Gasteiger partial charge >= 0.3 is 5.97 Å². The Balaban J connectivity index is 2.34. The molecule has 0 unspecified atom stereocenters. The Bertz CT molecular complexity index is 273. The molecular weight excluding hydrogens is 216 g/mol. The minimum absolute atomic E-state index is 0.139. The van der Waals surface area contributed by atoms with Crippen LogP contribution in [0, 0.1) is 5.92 Å². The van der Waals surface area contributed by atoms with Crippen LogP contribution < -0.4 is 0 Å². The Hall–Kier alpha value is -1.12. The standard InChI is InChI=1S/C14H22O3/c1-17-14(16)11-13(15)10-9-12-7-5-3-2-4-6-8-12/h9-10,12H,2-8,11H2,1H3. The summed E-state index contributed by atoms with van der Waals surface area (Å²) in [5.74, 6) is -0.104. The minimum atomic E-state index is -0.461. The lowest BCUT2D eigenvalue weighted by atomic mass is 9.90. The average Bonchev–Trinajstić information content (AvgIpc) is 2.27. The van der Waals surface area contributed by atoms with Crippen LogP contribution in [0.2, 0.25) is 0 Å². The predicted octanol–water partition coefficient (Wildman–Crippen LogP) is 3.04. The van der Waals surface area contributed by atoms with E-state index < -0.39 is 5.97 Å². The smallest absolute Gasteiger partial charge is 0.313 e. The number of methoxy groups -OCH3 is 1. The molecular formula is C14H22O3. The van der Waals surface area contributed by atoms with Gasteiger partial charge in [0.2, 0.25) is 0 Å². The van der Waals surface area contributed by atoms with Crippen molar-refractivity contribution in [2.24, 2.45) is 5.92 Å². The van der Waals surface area contributed by atoms with Crippen molar-refractivity contribution < 1.29 is 14.3 Å². The first kappa shape index (κ1) is 13.9. The van der Waals surface area contributed by atoms with E-state index in [4.69, 9.17) is 0 Å². The Labute approximate surface area is 103 Å². The van der Waals surface area contributed by atoms with Crippen molar-refractivity contribution in [2.75, 3.05) is 7.11 Å². The number of esters is 1. The summed E-state index contributed by atoms with van der Waals surface area (Å²) in [6.07, 6.45) is 12.2. The zero-order valence-corrected chi connectivity index (χ0v) is 10.6. The van der Waals surface area contributed by atoms with Gasteiger partial charge in [-0.2, -0.15) is 0 Å². The molecule has 0 spiro atoms. The molecule has 0 bridgehead atoms. The second-order valence-corrected chi connectivity index (χ2v) is 4.68. The number of carbonyl (C=O) groups is 2. The van der Waals surface area contributed by atoms with Crippen LogP contribution in [0.3, 0.4) is 0 Å². The van der Waals surface area contributed by atoms with Crippen LogP contribution >= 0.6 is 0 Å². The highest BCUT2D eigenvalue weighted by Gasteiger charge is 2.10. The van der Waals surface area contributed by atoms with E-state index in [-0.39, 0.29) is 12.2 Å². The van der Waals surface area contributed by atoms with E-state index in [9.17, 15) is 9.59 Å². The van der Waals surface area contributed by atoms with Crippen LogP contribution in [0.4, 0.5) is 0 Å². The molecule has 0 heterocycles. The maximum Gasteiger partial charge on any atom is 0.313 e. The van der Waals surface area contributed by atoms with Gasteiger partial charge in [-0.15, -0.1) is 0 Å². The van der Waals surface area contributed by atoms with E-state index in [2.05, 4.69) is 4.74 Å². The quantitative estimate of drug-likeness (QED) is 0.429. The normalized spacial score (nSPS) is 18.6. The lowest BCUT2D eigenvalue weighted by Crippen LogP contribution is -2.07. The molecule has 0 aromatic heterocycles. The van der Waals surface area contributed by atoms with E-state index in [1.165, 1.54) is 52.1 Å². The van der Waals surface area contributed by atoms with Crippen molar-refractivity contribution in [1.29, 1.82) is 0 Å². The maximum absolute atomic E-state index is 11.4. The maximum atomic E-state index is 11.4. The lowest BCUT2D eigenvalue weighted by molar-refractivity contribution is -0.142. The molecule has 1 fully saturated rings. The van der Waals surface area contributed by atoms with Crippen LogP contribution in [0.25, 0.3) is 0 Å². The van der Waals surface area contributed by atoms with Crippen LogP contribution in [0.15, 0.2) is 12.2 Å². The summed E-state index contributed by atoms with van der Waals surface area (Å²) >= 11 is 0. The van der Waals surface area contributed by atoms with Gasteiger partial charge in [0.15, 0.2) is 5.78 Å². The van der Waals surface area contributed by atoms with Gasteiger partial charge in [0.25, 0.3) is 0 Å². The van der Waals surface area contributed by atoms with Crippen LogP contribution in [-0.4, -0.2) is 18.9 Å². The first-order valence-electron chi connectivity index (χ1n) is 6.50. The molecule has 1 aliphatic rings. The van der Waals surface area contributed by atoms with Crippen molar-refractivity contribution in [1.82, 2.24) is 0 Å². The molecule has 17 heavy (non-hydrogen) atoms. The van der Waals surface area contributed by atoms with E-state index in [1.54, 1.807) is 6.08 Å². The first-order valence-corrected chi connectivity index (χ1v) is 6.50. The summed E-state index contributed by atoms with van der Waals surface area (Å²) in [6.45, 7) is 0. The summed E-state index contributed by atoms with van der Waals surface area (Å²) in [5, 5.41) is 0. The Morgan fingerprint density at radius 3 is 2.29 bits per heavy atom. The molecule has 0 aliphatic heterocycles. The highest BCUT2D eigenvalue weighted by Crippen LogP contribution is 2.23. The molecule has 0 amide bonds. The summed E-state index contributed by atoms with van der Waals surface area (Å²) in [5.41, 5.74) is 0. The van der Waals surface area contributed by atoms with Crippen molar-refractivity contribution in [3.63, 3.8) is 0 Å². The minimum Gasteiger partial charge on any atom is -0.469 e. The zero-order chi connectivity index (χ0) is 12.5. The van der Waals surface area contributed by atoms with Gasteiger partial charge in [-0.3, -0.25) is 9.59 Å². The largest absolute Gasteiger partial charge is 0.469 e. The van der Waals surface area contributed by atoms with Crippen molar-refractivity contribution in [2.45, 2.75) is 51.4 Å². The molecule has 0 atom stereocenters. The van der Waals surface area contributed by atoms with Gasteiger partial charge in [-0.05, 0) is 24.8 Å². The molecule has 3 nitrogen and oxygen atoms in total. The van der Waals surface area contributed by atoms with Gasteiger partial charge in [0.1, 0.15) is 6.42 Å². The summed E-state index contributed by atoms with van der Waals surface area (Å²) in [4.78, 5) is 22.3. The monoisotopic (exact) mass is 238 g/mol. The van der Waals surface area contributed by atoms with Crippen LogP contribution in [0.5, 0.6) is 0 Å². The number of hydrogen-bond donors (Lipinski definition) is 0. The fourth-order valence-corrected chi connectivity index (χ4v) is 2.20. The predicted molar refractivity (Wildman–Crippen MR) is 66.6 cm³/mol. The molecule has 0 radical (unpaired) electrons. The van der Waals surface area contributed by atoms with Gasteiger partial charge in [0.05, 0.1) is 7.11 Å². The second kappa shape index (κ2) is 8.04. The average molecular weight is 238 g/mol. The van der Waals surface area contributed by atoms with E-state index in [0.717, 1.165) is 0 Å². The number of rotatable bonds is 4. The summed E-state index contributed by atoms with van der Waals surface area (Å²) in [7, 11) is 1.30. The SMILES string of the molecule is COC(=O)CC(=O)C=CC1CCCCCCC1. The molecule has 1 rings (SSSR count). The fraction of sp³-hybridized carbons (Fsp3) is 0.714. The highest BCUT2D eigenvalue weighted by molar-refractivity contribution is 6.01. The highest BCUT2D eigenvalue weighted by atomic mass is 16.5. The van der Waals surface area contributed by atoms with E-state index in [1.807, 2.05) is 6.08 Å². The van der Waals surface area contributed by atoms with Crippen molar-refractivity contribution >= 4 is 11.8 Å². The van der Waals surface area contributed by atoms with Crippen molar-refractivity contribution in [3.05, 3.63) is 12.2 Å². The Morgan fingerprint density at radius 2 is 1.71 bits per heavy atom. The first-order chi connectivity index (χ1) is 8.22. The molecule has 1 aliphatic carbocycles. The topological polar surface area (TPSA) is 43.4 Å². The molecule has 3 heteroatoms.